The van der Waals surface area contributed by atoms with Crippen LogP contribution in [0.2, 0.25) is 5.02 Å². The van der Waals surface area contributed by atoms with Gasteiger partial charge in [-0.2, -0.15) is 0 Å². The summed E-state index contributed by atoms with van der Waals surface area (Å²) >= 11 is 7.33. The Hall–Kier alpha value is -2.24. The first-order chi connectivity index (χ1) is 12.0. The summed E-state index contributed by atoms with van der Waals surface area (Å²) in [5.41, 5.74) is 1.60. The molecule has 0 radical (unpaired) electrons. The summed E-state index contributed by atoms with van der Waals surface area (Å²) in [5, 5.41) is 0.918. The number of aromatic nitrogens is 1. The molecule has 0 saturated heterocycles. The van der Waals surface area contributed by atoms with Gasteiger partial charge in [-0.25, -0.2) is 9.37 Å². The van der Waals surface area contributed by atoms with E-state index < -0.39 is 5.82 Å². The Kier molecular flexibility index (Phi) is 5.16. The van der Waals surface area contributed by atoms with E-state index in [9.17, 15) is 9.18 Å². The van der Waals surface area contributed by atoms with Gasteiger partial charge in [-0.1, -0.05) is 29.8 Å². The molecule has 1 heterocycles. The largest absolute Gasteiger partial charge is 0.333 e. The van der Waals surface area contributed by atoms with E-state index in [0.717, 1.165) is 15.2 Å². The normalized spacial score (nSPS) is 12.6. The lowest BCUT2D eigenvalue weighted by molar-refractivity contribution is -0.126. The number of carbonyl (C=O) groups excluding carboxylic acids is 1. The van der Waals surface area contributed by atoms with E-state index in [2.05, 4.69) is 4.98 Å². The number of carbonyl (C=O) groups is 1. The molecule has 0 fully saturated rings. The average Bonchev–Trinajstić information content (AvgIpc) is 3.05. The lowest BCUT2D eigenvalue weighted by Crippen LogP contribution is -2.27. The zero-order chi connectivity index (χ0) is 18.0. The number of nitrogens with zero attached hydrogens (tertiary/aromatic N) is 2. The monoisotopic (exact) mass is 374 g/mol. The van der Waals surface area contributed by atoms with Crippen molar-refractivity contribution in [3.05, 3.63) is 70.0 Å². The van der Waals surface area contributed by atoms with E-state index >= 15 is 0 Å². The minimum absolute atomic E-state index is 0.0331. The van der Waals surface area contributed by atoms with Crippen LogP contribution in [0.5, 0.6) is 0 Å². The fourth-order valence-corrected chi connectivity index (χ4v) is 3.58. The number of fused-ring (bicyclic) bond motifs is 1. The summed E-state index contributed by atoms with van der Waals surface area (Å²) in [4.78, 5) is 18.6. The maximum Gasteiger partial charge on any atom is 0.246 e. The fraction of sp³-hybridized carbons (Fsp3) is 0.158. The molecule has 1 amide bonds. The van der Waals surface area contributed by atoms with E-state index in [-0.39, 0.29) is 17.0 Å². The first-order valence-corrected chi connectivity index (χ1v) is 8.90. The van der Waals surface area contributed by atoms with Crippen molar-refractivity contribution in [1.29, 1.82) is 0 Å². The summed E-state index contributed by atoms with van der Waals surface area (Å²) in [6.07, 6.45) is 3.07. The Morgan fingerprint density at radius 1 is 1.32 bits per heavy atom. The molecule has 1 aromatic heterocycles. The topological polar surface area (TPSA) is 33.2 Å². The van der Waals surface area contributed by atoms with Gasteiger partial charge in [0.15, 0.2) is 0 Å². The van der Waals surface area contributed by atoms with Gasteiger partial charge >= 0.3 is 0 Å². The van der Waals surface area contributed by atoms with Gasteiger partial charge in [0.1, 0.15) is 10.8 Å². The molecule has 0 aliphatic carbocycles. The van der Waals surface area contributed by atoms with Crippen LogP contribution in [0.1, 0.15) is 23.5 Å². The molecule has 128 valence electrons. The summed E-state index contributed by atoms with van der Waals surface area (Å²) in [6, 6.07) is 12.1. The number of amides is 1. The summed E-state index contributed by atoms with van der Waals surface area (Å²) in [6.45, 7) is 1.94. The summed E-state index contributed by atoms with van der Waals surface area (Å²) in [5.74, 6) is -0.640. The van der Waals surface area contributed by atoms with Gasteiger partial charge in [-0.15, -0.1) is 11.3 Å². The zero-order valence-corrected chi connectivity index (χ0v) is 15.3. The van der Waals surface area contributed by atoms with Gasteiger partial charge in [0.2, 0.25) is 5.91 Å². The highest BCUT2D eigenvalue weighted by molar-refractivity contribution is 7.18. The molecule has 25 heavy (non-hydrogen) atoms. The van der Waals surface area contributed by atoms with Gasteiger partial charge < -0.3 is 4.90 Å². The number of rotatable bonds is 4. The highest BCUT2D eigenvalue weighted by Crippen LogP contribution is 2.29. The van der Waals surface area contributed by atoms with Crippen LogP contribution in [0, 0.1) is 5.82 Å². The van der Waals surface area contributed by atoms with Gasteiger partial charge in [0.25, 0.3) is 0 Å². The molecule has 1 atom stereocenters. The molecule has 6 heteroatoms. The van der Waals surface area contributed by atoms with Crippen LogP contribution in [0.3, 0.4) is 0 Å². The van der Waals surface area contributed by atoms with Crippen LogP contribution in [0.25, 0.3) is 16.3 Å². The van der Waals surface area contributed by atoms with Crippen molar-refractivity contribution >= 4 is 45.1 Å². The number of thiazole rings is 1. The highest BCUT2D eigenvalue weighted by Gasteiger charge is 2.19. The fourth-order valence-electron chi connectivity index (χ4n) is 2.33. The van der Waals surface area contributed by atoms with Crippen molar-refractivity contribution in [3.63, 3.8) is 0 Å². The predicted molar refractivity (Wildman–Crippen MR) is 101 cm³/mol. The first kappa shape index (κ1) is 17.6. The number of likely N-dealkylation sites (N-methyl/N-ethyl adjacent to an activating group) is 1. The van der Waals surface area contributed by atoms with Crippen LogP contribution >= 0.6 is 22.9 Å². The summed E-state index contributed by atoms with van der Waals surface area (Å²) in [7, 11) is 1.74. The van der Waals surface area contributed by atoms with E-state index in [0.29, 0.717) is 5.56 Å². The minimum atomic E-state index is -0.480. The second kappa shape index (κ2) is 7.33. The van der Waals surface area contributed by atoms with E-state index in [1.165, 1.54) is 18.2 Å². The Labute approximate surface area is 154 Å². The molecule has 3 rings (SSSR count). The van der Waals surface area contributed by atoms with Crippen molar-refractivity contribution in [2.75, 3.05) is 7.05 Å². The van der Waals surface area contributed by atoms with Gasteiger partial charge in [-0.05, 0) is 42.8 Å². The van der Waals surface area contributed by atoms with Crippen molar-refractivity contribution in [2.45, 2.75) is 13.0 Å². The molecular formula is C19H16ClFN2OS. The third-order valence-electron chi connectivity index (χ3n) is 3.96. The van der Waals surface area contributed by atoms with Gasteiger partial charge in [0.05, 0.1) is 21.3 Å². The molecule has 0 spiro atoms. The third kappa shape index (κ3) is 3.89. The second-order valence-corrected chi connectivity index (χ2v) is 7.12. The van der Waals surface area contributed by atoms with Crippen molar-refractivity contribution in [1.82, 2.24) is 9.88 Å². The Bertz CT molecular complexity index is 921. The molecule has 0 aliphatic rings. The quantitative estimate of drug-likeness (QED) is 0.579. The van der Waals surface area contributed by atoms with Crippen molar-refractivity contribution in [3.8, 4) is 0 Å². The van der Waals surface area contributed by atoms with Crippen LogP contribution in [-0.4, -0.2) is 22.8 Å². The molecule has 3 aromatic rings. The molecule has 0 saturated carbocycles. The highest BCUT2D eigenvalue weighted by atomic mass is 35.5. The number of hydrogen-bond acceptors (Lipinski definition) is 3. The smallest absolute Gasteiger partial charge is 0.246 e. The molecule has 0 bridgehead atoms. The molecular weight excluding hydrogens is 359 g/mol. The second-order valence-electron chi connectivity index (χ2n) is 5.65. The summed E-state index contributed by atoms with van der Waals surface area (Å²) < 4.78 is 14.3. The van der Waals surface area contributed by atoms with Crippen LogP contribution in [0.4, 0.5) is 4.39 Å². The number of hydrogen-bond donors (Lipinski definition) is 0. The first-order valence-electron chi connectivity index (χ1n) is 7.71. The molecule has 1 unspecified atom stereocenters. The third-order valence-corrected chi connectivity index (χ3v) is 5.45. The SMILES string of the molecule is CC(c1nc2ccccc2s1)N(C)C(=O)C=Cc1ccc(F)c(Cl)c1. The Balaban J connectivity index is 1.74. The van der Waals surface area contributed by atoms with Gasteiger partial charge in [0, 0.05) is 13.1 Å². The lowest BCUT2D eigenvalue weighted by atomic mass is 10.2. The molecule has 2 aromatic carbocycles. The van der Waals surface area contributed by atoms with Crippen LogP contribution in [0.15, 0.2) is 48.5 Å². The molecule has 0 N–H and O–H groups in total. The minimum Gasteiger partial charge on any atom is -0.333 e. The average molecular weight is 375 g/mol. The van der Waals surface area contributed by atoms with Crippen molar-refractivity contribution in [2.24, 2.45) is 0 Å². The van der Waals surface area contributed by atoms with E-state index in [4.69, 9.17) is 11.6 Å². The molecule has 3 nitrogen and oxygen atoms in total. The Morgan fingerprint density at radius 3 is 2.80 bits per heavy atom. The predicted octanol–water partition coefficient (Wildman–Crippen LogP) is 5.32. The van der Waals surface area contributed by atoms with E-state index in [1.807, 2.05) is 31.2 Å². The lowest BCUT2D eigenvalue weighted by Gasteiger charge is -2.21. The Morgan fingerprint density at radius 2 is 2.08 bits per heavy atom. The zero-order valence-electron chi connectivity index (χ0n) is 13.7. The number of para-hydroxylation sites is 1. The van der Waals surface area contributed by atoms with E-state index in [1.54, 1.807) is 35.4 Å². The number of halogens is 2. The maximum absolute atomic E-state index is 13.2. The molecule has 0 aliphatic heterocycles. The van der Waals surface area contributed by atoms with Gasteiger partial charge in [-0.3, -0.25) is 4.79 Å². The van der Waals surface area contributed by atoms with Crippen LogP contribution in [-0.2, 0) is 4.79 Å². The standard InChI is InChI=1S/C19H16ClFN2OS/c1-12(19-22-16-5-3-4-6-17(16)25-19)23(2)18(24)10-8-13-7-9-15(21)14(20)11-13/h3-12H,1-2H3. The number of benzene rings is 2. The maximum atomic E-state index is 13.2. The van der Waals surface area contributed by atoms with Crippen molar-refractivity contribution < 1.29 is 9.18 Å². The van der Waals surface area contributed by atoms with Crippen LogP contribution < -0.4 is 0 Å².